The molecule has 1 aromatic rings. The number of amides is 1. The van der Waals surface area contributed by atoms with E-state index in [-0.39, 0.29) is 0 Å². The second-order valence-corrected chi connectivity index (χ2v) is 6.85. The van der Waals surface area contributed by atoms with E-state index in [1.54, 1.807) is 11.3 Å². The molecule has 0 spiro atoms. The molecular weight excluding hydrogens is 314 g/mol. The first kappa shape index (κ1) is 12.4. The third-order valence-corrected chi connectivity index (χ3v) is 5.69. The first-order valence-corrected chi connectivity index (χ1v) is 8.20. The van der Waals surface area contributed by atoms with Gasteiger partial charge in [0.15, 0.2) is 5.13 Å². The molecule has 1 fully saturated rings. The average molecular weight is 330 g/mol. The summed E-state index contributed by atoms with van der Waals surface area (Å²) in [6, 6.07) is 0.355. The number of thiazole rings is 1. The van der Waals surface area contributed by atoms with Crippen molar-refractivity contribution in [2.24, 2.45) is 5.92 Å². The van der Waals surface area contributed by atoms with Crippen LogP contribution in [0.4, 0.5) is 5.13 Å². The van der Waals surface area contributed by atoms with Crippen LogP contribution in [0.25, 0.3) is 0 Å². The van der Waals surface area contributed by atoms with Gasteiger partial charge in [-0.25, -0.2) is 4.98 Å². The smallest absolute Gasteiger partial charge is 0.223 e. The Bertz CT molecular complexity index is 476. The van der Waals surface area contributed by atoms with E-state index in [4.69, 9.17) is 5.73 Å². The normalized spacial score (nSPS) is 27.6. The predicted octanol–water partition coefficient (Wildman–Crippen LogP) is 1.83. The third-order valence-electron chi connectivity index (χ3n) is 3.83. The minimum Gasteiger partial charge on any atom is -0.375 e. The summed E-state index contributed by atoms with van der Waals surface area (Å²) < 4.78 is 0. The number of hydrogen-bond acceptors (Lipinski definition) is 4. The molecule has 2 N–H and O–H groups in total. The summed E-state index contributed by atoms with van der Waals surface area (Å²) in [4.78, 5) is 19.7. The van der Waals surface area contributed by atoms with Crippen molar-refractivity contribution in [2.75, 3.05) is 17.6 Å². The highest BCUT2D eigenvalue weighted by Gasteiger charge is 2.35. The molecule has 1 amide bonds. The highest BCUT2D eigenvalue weighted by Crippen LogP contribution is 2.32. The van der Waals surface area contributed by atoms with Gasteiger partial charge in [-0.15, -0.1) is 11.3 Å². The first-order valence-electron chi connectivity index (χ1n) is 6.27. The molecular formula is C12H16BrN3OS. The van der Waals surface area contributed by atoms with Crippen LogP contribution in [0.5, 0.6) is 0 Å². The minimum atomic E-state index is 0.311. The number of aryl methyl sites for hydroxylation is 1. The molecule has 1 aliphatic heterocycles. The third kappa shape index (κ3) is 2.16. The zero-order valence-corrected chi connectivity index (χ0v) is 12.5. The first-order chi connectivity index (χ1) is 8.67. The van der Waals surface area contributed by atoms with E-state index in [0.717, 1.165) is 36.8 Å². The zero-order valence-electron chi connectivity index (χ0n) is 10.1. The number of nitrogens with zero attached hydrogens (tertiary/aromatic N) is 2. The number of rotatable bonds is 2. The molecule has 4 nitrogen and oxygen atoms in total. The van der Waals surface area contributed by atoms with Crippen molar-refractivity contribution >= 4 is 38.3 Å². The molecule has 98 valence electrons. The fourth-order valence-electron chi connectivity index (χ4n) is 2.91. The number of anilines is 1. The maximum Gasteiger partial charge on any atom is 0.223 e. The number of fused-ring (bicyclic) bond motifs is 1. The topological polar surface area (TPSA) is 59.2 Å². The highest BCUT2D eigenvalue weighted by molar-refractivity contribution is 9.09. The van der Waals surface area contributed by atoms with Crippen molar-refractivity contribution in [2.45, 2.75) is 31.7 Å². The van der Waals surface area contributed by atoms with Gasteiger partial charge >= 0.3 is 0 Å². The van der Waals surface area contributed by atoms with Gasteiger partial charge in [-0.05, 0) is 18.8 Å². The van der Waals surface area contributed by atoms with E-state index in [0.29, 0.717) is 29.4 Å². The van der Waals surface area contributed by atoms with E-state index in [9.17, 15) is 4.79 Å². The fourth-order valence-corrected chi connectivity index (χ4v) is 4.29. The van der Waals surface area contributed by atoms with E-state index < -0.39 is 0 Å². The highest BCUT2D eigenvalue weighted by atomic mass is 79.9. The Labute approximate surface area is 119 Å². The quantitative estimate of drug-likeness (QED) is 0.842. The molecule has 2 aliphatic rings. The Kier molecular flexibility index (Phi) is 3.32. The fraction of sp³-hybridized carbons (Fsp3) is 0.667. The van der Waals surface area contributed by atoms with Gasteiger partial charge in [0.25, 0.3) is 0 Å². The number of halogens is 1. The van der Waals surface area contributed by atoms with Crippen LogP contribution in [0.2, 0.25) is 0 Å². The SMILES string of the molecule is Nc1nc2c(s1)C[C@@H](N1CC(CBr)CC1=O)CC2. The lowest BCUT2D eigenvalue weighted by atomic mass is 9.96. The molecule has 1 aromatic heterocycles. The molecule has 3 rings (SSSR count). The largest absolute Gasteiger partial charge is 0.375 e. The van der Waals surface area contributed by atoms with Crippen LogP contribution < -0.4 is 5.73 Å². The number of aromatic nitrogens is 1. The molecule has 2 atom stereocenters. The van der Waals surface area contributed by atoms with Gasteiger partial charge in [-0.1, -0.05) is 15.9 Å². The molecule has 2 heterocycles. The number of nitrogens with two attached hydrogens (primary N) is 1. The molecule has 0 saturated carbocycles. The lowest BCUT2D eigenvalue weighted by molar-refractivity contribution is -0.129. The molecule has 1 saturated heterocycles. The standard InChI is InChI=1S/C12H16BrN3OS/c13-5-7-3-11(17)16(6-7)8-1-2-9-10(4-8)18-12(14)15-9/h7-8H,1-6H2,(H2,14,15)/t7?,8-/m0/s1. The summed E-state index contributed by atoms with van der Waals surface area (Å²) in [5.74, 6) is 0.788. The predicted molar refractivity (Wildman–Crippen MR) is 76.0 cm³/mol. The Hall–Kier alpha value is -0.620. The van der Waals surface area contributed by atoms with Gasteiger partial charge in [0, 0.05) is 35.6 Å². The number of carbonyl (C=O) groups is 1. The van der Waals surface area contributed by atoms with Gasteiger partial charge in [-0.3, -0.25) is 4.79 Å². The van der Waals surface area contributed by atoms with Crippen LogP contribution in [-0.2, 0) is 17.6 Å². The maximum absolute atomic E-state index is 12.0. The van der Waals surface area contributed by atoms with Gasteiger partial charge < -0.3 is 10.6 Å². The zero-order chi connectivity index (χ0) is 12.7. The van der Waals surface area contributed by atoms with E-state index in [1.165, 1.54) is 4.88 Å². The molecule has 1 unspecified atom stereocenters. The average Bonchev–Trinajstić information content (AvgIpc) is 2.89. The summed E-state index contributed by atoms with van der Waals surface area (Å²) in [5, 5.41) is 1.58. The number of hydrogen-bond donors (Lipinski definition) is 1. The summed E-state index contributed by atoms with van der Waals surface area (Å²) in [6.45, 7) is 0.901. The van der Waals surface area contributed by atoms with Crippen molar-refractivity contribution in [3.05, 3.63) is 10.6 Å². The Morgan fingerprint density at radius 3 is 3.06 bits per heavy atom. The number of carbonyl (C=O) groups excluding carboxylic acids is 1. The van der Waals surface area contributed by atoms with Crippen molar-refractivity contribution in [1.29, 1.82) is 0 Å². The lowest BCUT2D eigenvalue weighted by Gasteiger charge is -2.30. The second kappa shape index (κ2) is 4.81. The van der Waals surface area contributed by atoms with Crippen molar-refractivity contribution in [1.82, 2.24) is 9.88 Å². The Balaban J connectivity index is 1.74. The van der Waals surface area contributed by atoms with Crippen LogP contribution in [-0.4, -0.2) is 33.7 Å². The van der Waals surface area contributed by atoms with E-state index >= 15 is 0 Å². The summed E-state index contributed by atoms with van der Waals surface area (Å²) in [6.07, 6.45) is 3.61. The number of likely N-dealkylation sites (tertiary alicyclic amines) is 1. The molecule has 0 aromatic carbocycles. The van der Waals surface area contributed by atoms with Crippen LogP contribution in [0.15, 0.2) is 0 Å². The molecule has 1 aliphatic carbocycles. The van der Waals surface area contributed by atoms with Gasteiger partial charge in [0.1, 0.15) is 0 Å². The van der Waals surface area contributed by atoms with Crippen LogP contribution in [0, 0.1) is 5.92 Å². The molecule has 18 heavy (non-hydrogen) atoms. The van der Waals surface area contributed by atoms with E-state index in [1.807, 2.05) is 0 Å². The summed E-state index contributed by atoms with van der Waals surface area (Å²) >= 11 is 5.06. The lowest BCUT2D eigenvalue weighted by Crippen LogP contribution is -2.40. The minimum absolute atomic E-state index is 0.311. The van der Waals surface area contributed by atoms with Crippen molar-refractivity contribution < 1.29 is 4.79 Å². The molecule has 0 bridgehead atoms. The van der Waals surface area contributed by atoms with Gasteiger partial charge in [0.05, 0.1) is 5.69 Å². The molecule has 0 radical (unpaired) electrons. The van der Waals surface area contributed by atoms with Crippen molar-refractivity contribution in [3.63, 3.8) is 0 Å². The Morgan fingerprint density at radius 2 is 2.33 bits per heavy atom. The molecule has 6 heteroatoms. The Morgan fingerprint density at radius 1 is 1.50 bits per heavy atom. The summed E-state index contributed by atoms with van der Waals surface area (Å²) in [7, 11) is 0. The van der Waals surface area contributed by atoms with E-state index in [2.05, 4.69) is 25.8 Å². The van der Waals surface area contributed by atoms with Crippen LogP contribution in [0.1, 0.15) is 23.4 Å². The summed E-state index contributed by atoms with van der Waals surface area (Å²) in [5.41, 5.74) is 6.90. The number of alkyl halides is 1. The van der Waals surface area contributed by atoms with Gasteiger partial charge in [-0.2, -0.15) is 0 Å². The number of nitrogen functional groups attached to an aromatic ring is 1. The maximum atomic E-state index is 12.0. The van der Waals surface area contributed by atoms with Crippen LogP contribution >= 0.6 is 27.3 Å². The van der Waals surface area contributed by atoms with Crippen molar-refractivity contribution in [3.8, 4) is 0 Å². The van der Waals surface area contributed by atoms with Gasteiger partial charge in [0.2, 0.25) is 5.91 Å². The van der Waals surface area contributed by atoms with Crippen LogP contribution in [0.3, 0.4) is 0 Å². The second-order valence-electron chi connectivity index (χ2n) is 5.09. The monoisotopic (exact) mass is 329 g/mol.